The summed E-state index contributed by atoms with van der Waals surface area (Å²) in [4.78, 5) is 16.7. The van der Waals surface area contributed by atoms with Crippen LogP contribution in [0.1, 0.15) is 23.7 Å². The van der Waals surface area contributed by atoms with Crippen molar-refractivity contribution in [2.24, 2.45) is 23.5 Å². The number of hydrogen-bond donors (Lipinski definition) is 2. The first kappa shape index (κ1) is 15.1. The Bertz CT molecular complexity index is 755. The zero-order valence-electron chi connectivity index (χ0n) is 13.3. The van der Waals surface area contributed by atoms with Gasteiger partial charge in [0, 0.05) is 12.5 Å². The van der Waals surface area contributed by atoms with Crippen molar-refractivity contribution in [3.05, 3.63) is 59.8 Å². The van der Waals surface area contributed by atoms with E-state index in [-0.39, 0.29) is 30.3 Å². The maximum absolute atomic E-state index is 12.4. The van der Waals surface area contributed by atoms with Gasteiger partial charge in [0.1, 0.15) is 0 Å². The van der Waals surface area contributed by atoms with E-state index in [9.17, 15) is 4.79 Å². The summed E-state index contributed by atoms with van der Waals surface area (Å²) in [5, 5.41) is 6.85. The molecule has 2 bridgehead atoms. The van der Waals surface area contributed by atoms with Crippen molar-refractivity contribution in [1.29, 1.82) is 0 Å². The number of carbonyl (C=O) groups is 1. The van der Waals surface area contributed by atoms with Gasteiger partial charge in [0.15, 0.2) is 5.82 Å². The standard InChI is InChI=1S/C18H20N4O2/c19-17-13-7-6-12(9-13)16(17)18(23)20-10-15-21-14(22-24-15)8-11-4-2-1-3-5-11/h1-7,12-13,16-17H,8-10,19H2,(H,20,23)/t12-,13+,16-,17+/m1/s1. The van der Waals surface area contributed by atoms with Crippen LogP contribution in [0.3, 0.4) is 0 Å². The molecule has 2 aliphatic rings. The second kappa shape index (κ2) is 6.20. The van der Waals surface area contributed by atoms with Gasteiger partial charge in [-0.25, -0.2) is 0 Å². The molecule has 0 unspecified atom stereocenters. The molecule has 1 aromatic heterocycles. The van der Waals surface area contributed by atoms with E-state index in [0.717, 1.165) is 12.0 Å². The Balaban J connectivity index is 1.33. The van der Waals surface area contributed by atoms with Crippen LogP contribution < -0.4 is 11.1 Å². The summed E-state index contributed by atoms with van der Waals surface area (Å²) < 4.78 is 5.22. The molecule has 1 amide bonds. The van der Waals surface area contributed by atoms with E-state index < -0.39 is 0 Å². The van der Waals surface area contributed by atoms with E-state index in [1.165, 1.54) is 0 Å². The van der Waals surface area contributed by atoms with E-state index in [1.807, 2.05) is 30.3 Å². The Labute approximate surface area is 140 Å². The third kappa shape index (κ3) is 2.85. The van der Waals surface area contributed by atoms with Gasteiger partial charge >= 0.3 is 0 Å². The Morgan fingerprint density at radius 2 is 2.04 bits per heavy atom. The molecule has 1 aromatic carbocycles. The summed E-state index contributed by atoms with van der Waals surface area (Å²) in [5.74, 6) is 1.47. The second-order valence-electron chi connectivity index (χ2n) is 6.54. The number of allylic oxidation sites excluding steroid dienone is 1. The first-order chi connectivity index (χ1) is 11.7. The Morgan fingerprint density at radius 1 is 1.25 bits per heavy atom. The molecule has 3 N–H and O–H groups in total. The first-order valence-corrected chi connectivity index (χ1v) is 8.28. The molecule has 0 spiro atoms. The molecule has 1 fully saturated rings. The lowest BCUT2D eigenvalue weighted by Gasteiger charge is -2.23. The van der Waals surface area contributed by atoms with Gasteiger partial charge < -0.3 is 15.6 Å². The molecule has 124 valence electrons. The quantitative estimate of drug-likeness (QED) is 0.811. The van der Waals surface area contributed by atoms with Gasteiger partial charge in [-0.05, 0) is 23.8 Å². The zero-order chi connectivity index (χ0) is 16.5. The fourth-order valence-corrected chi connectivity index (χ4v) is 3.72. The summed E-state index contributed by atoms with van der Waals surface area (Å²) >= 11 is 0. The lowest BCUT2D eigenvalue weighted by molar-refractivity contribution is -0.126. The molecule has 0 aliphatic heterocycles. The number of nitrogens with two attached hydrogens (primary N) is 1. The van der Waals surface area contributed by atoms with E-state index in [1.54, 1.807) is 0 Å². The smallest absolute Gasteiger partial charge is 0.246 e. The summed E-state index contributed by atoms with van der Waals surface area (Å²) in [6.45, 7) is 0.241. The minimum atomic E-state index is -0.147. The van der Waals surface area contributed by atoms with E-state index in [4.69, 9.17) is 10.3 Å². The van der Waals surface area contributed by atoms with Gasteiger partial charge in [0.25, 0.3) is 0 Å². The average molecular weight is 324 g/mol. The molecule has 6 nitrogen and oxygen atoms in total. The highest BCUT2D eigenvalue weighted by atomic mass is 16.5. The number of amides is 1. The predicted octanol–water partition coefficient (Wildman–Crippen LogP) is 1.43. The largest absolute Gasteiger partial charge is 0.347 e. The highest BCUT2D eigenvalue weighted by molar-refractivity contribution is 5.80. The Morgan fingerprint density at radius 3 is 2.79 bits per heavy atom. The number of hydrogen-bond acceptors (Lipinski definition) is 5. The molecule has 0 saturated heterocycles. The van der Waals surface area contributed by atoms with Gasteiger partial charge in [-0.1, -0.05) is 47.6 Å². The third-order valence-electron chi connectivity index (χ3n) is 4.95. The van der Waals surface area contributed by atoms with Crippen LogP contribution in [0, 0.1) is 17.8 Å². The average Bonchev–Trinajstić information content (AvgIpc) is 3.30. The molecule has 1 heterocycles. The van der Waals surface area contributed by atoms with Crippen LogP contribution in [0.5, 0.6) is 0 Å². The van der Waals surface area contributed by atoms with Crippen molar-refractivity contribution in [3.63, 3.8) is 0 Å². The first-order valence-electron chi connectivity index (χ1n) is 8.28. The van der Waals surface area contributed by atoms with Crippen LogP contribution in [0.4, 0.5) is 0 Å². The fraction of sp³-hybridized carbons (Fsp3) is 0.389. The van der Waals surface area contributed by atoms with E-state index in [0.29, 0.717) is 24.1 Å². The van der Waals surface area contributed by atoms with Crippen molar-refractivity contribution in [3.8, 4) is 0 Å². The van der Waals surface area contributed by atoms with Gasteiger partial charge in [0.05, 0.1) is 12.5 Å². The van der Waals surface area contributed by atoms with E-state index >= 15 is 0 Å². The summed E-state index contributed by atoms with van der Waals surface area (Å²) in [6.07, 6.45) is 5.84. The van der Waals surface area contributed by atoms with Gasteiger partial charge in [-0.15, -0.1) is 0 Å². The summed E-state index contributed by atoms with van der Waals surface area (Å²) in [6, 6.07) is 9.86. The van der Waals surface area contributed by atoms with Gasteiger partial charge in [-0.2, -0.15) is 4.98 Å². The molecule has 4 rings (SSSR count). The topological polar surface area (TPSA) is 94.0 Å². The van der Waals surface area contributed by atoms with Crippen LogP contribution >= 0.6 is 0 Å². The maximum Gasteiger partial charge on any atom is 0.246 e. The molecule has 0 radical (unpaired) electrons. The van der Waals surface area contributed by atoms with Crippen molar-refractivity contribution >= 4 is 5.91 Å². The number of nitrogens with one attached hydrogen (secondary N) is 1. The fourth-order valence-electron chi connectivity index (χ4n) is 3.72. The van der Waals surface area contributed by atoms with Crippen molar-refractivity contribution in [2.75, 3.05) is 0 Å². The zero-order valence-corrected chi connectivity index (χ0v) is 13.3. The third-order valence-corrected chi connectivity index (χ3v) is 4.95. The van der Waals surface area contributed by atoms with Crippen LogP contribution in [0.25, 0.3) is 0 Å². The van der Waals surface area contributed by atoms with Crippen LogP contribution in [-0.4, -0.2) is 22.1 Å². The number of fused-ring (bicyclic) bond motifs is 2. The molecular weight excluding hydrogens is 304 g/mol. The SMILES string of the molecule is N[C@@H]1[C@H](C(=O)NCc2nc(Cc3ccccc3)no2)[C@@H]2C=C[C@H]1C2. The number of benzene rings is 1. The molecule has 2 aliphatic carbocycles. The Kier molecular flexibility index (Phi) is 3.90. The highest BCUT2D eigenvalue weighted by Gasteiger charge is 2.46. The lowest BCUT2D eigenvalue weighted by Crippen LogP contribution is -2.43. The number of nitrogens with zero attached hydrogens (tertiary/aromatic N) is 2. The van der Waals surface area contributed by atoms with Gasteiger partial charge in [0.2, 0.25) is 11.8 Å². The van der Waals surface area contributed by atoms with Crippen LogP contribution in [0.15, 0.2) is 47.0 Å². The van der Waals surface area contributed by atoms with Crippen molar-refractivity contribution < 1.29 is 9.32 Å². The minimum Gasteiger partial charge on any atom is -0.347 e. The number of aromatic nitrogens is 2. The molecule has 2 aromatic rings. The summed E-state index contributed by atoms with van der Waals surface area (Å²) in [7, 11) is 0. The summed E-state index contributed by atoms with van der Waals surface area (Å²) in [5.41, 5.74) is 7.28. The van der Waals surface area contributed by atoms with Crippen molar-refractivity contribution in [1.82, 2.24) is 15.5 Å². The van der Waals surface area contributed by atoms with Gasteiger partial charge in [-0.3, -0.25) is 4.79 Å². The normalized spacial score (nSPS) is 27.5. The second-order valence-corrected chi connectivity index (χ2v) is 6.54. The lowest BCUT2D eigenvalue weighted by atomic mass is 9.89. The molecule has 1 saturated carbocycles. The van der Waals surface area contributed by atoms with E-state index in [2.05, 4.69) is 27.6 Å². The Hall–Kier alpha value is -2.47. The molecule has 4 atom stereocenters. The monoisotopic (exact) mass is 324 g/mol. The molecule has 6 heteroatoms. The maximum atomic E-state index is 12.4. The molecular formula is C18H20N4O2. The van der Waals surface area contributed by atoms with Crippen molar-refractivity contribution in [2.45, 2.75) is 25.4 Å². The minimum absolute atomic E-state index is 0.0258. The predicted molar refractivity (Wildman–Crippen MR) is 87.6 cm³/mol. The van der Waals surface area contributed by atoms with Crippen LogP contribution in [-0.2, 0) is 17.8 Å². The van der Waals surface area contributed by atoms with Crippen LogP contribution in [0.2, 0.25) is 0 Å². The molecule has 24 heavy (non-hydrogen) atoms. The highest BCUT2D eigenvalue weighted by Crippen LogP contribution is 2.42. The number of carbonyl (C=O) groups excluding carboxylic acids is 1. The number of rotatable bonds is 5.